The van der Waals surface area contributed by atoms with Crippen LogP contribution in [0.1, 0.15) is 57.8 Å². The summed E-state index contributed by atoms with van der Waals surface area (Å²) in [5, 5.41) is 46.7. The number of ketones is 1. The Balaban J connectivity index is 1.81. The quantitative estimate of drug-likeness (QED) is 0.320. The topological polar surface area (TPSA) is 160 Å². The van der Waals surface area contributed by atoms with Crippen molar-refractivity contribution in [3.05, 3.63) is 47.0 Å². The molecule has 39 heavy (non-hydrogen) atoms. The number of hydrogen-bond donors (Lipinski definition) is 4. The second-order valence-corrected chi connectivity index (χ2v) is 12.2. The summed E-state index contributed by atoms with van der Waals surface area (Å²) in [6.45, 7) is 7.29. The lowest BCUT2D eigenvalue weighted by Gasteiger charge is -2.67. The molecule has 1 aromatic carbocycles. The van der Waals surface area contributed by atoms with Gasteiger partial charge in [-0.1, -0.05) is 32.0 Å². The van der Waals surface area contributed by atoms with Gasteiger partial charge in [0, 0.05) is 25.2 Å². The summed E-state index contributed by atoms with van der Waals surface area (Å²) >= 11 is 0. The van der Waals surface area contributed by atoms with Gasteiger partial charge in [0.15, 0.2) is 11.4 Å². The number of ether oxygens (including phenoxy) is 3. The van der Waals surface area contributed by atoms with Crippen molar-refractivity contribution >= 4 is 17.7 Å². The van der Waals surface area contributed by atoms with Gasteiger partial charge in [-0.15, -0.1) is 0 Å². The summed E-state index contributed by atoms with van der Waals surface area (Å²) in [4.78, 5) is 40.3. The highest BCUT2D eigenvalue weighted by Gasteiger charge is 2.77. The molecule has 9 atom stereocenters. The van der Waals surface area contributed by atoms with Crippen molar-refractivity contribution in [1.82, 2.24) is 0 Å². The smallest absolute Gasteiger partial charge is 0.338 e. The van der Waals surface area contributed by atoms with E-state index in [0.717, 1.165) is 0 Å². The Morgan fingerprint density at radius 3 is 2.28 bits per heavy atom. The zero-order chi connectivity index (χ0) is 28.7. The lowest BCUT2D eigenvalue weighted by Crippen LogP contribution is -2.81. The van der Waals surface area contributed by atoms with Crippen molar-refractivity contribution in [3.63, 3.8) is 0 Å². The molecule has 1 unspecified atom stereocenters. The van der Waals surface area contributed by atoms with E-state index in [-0.39, 0.29) is 30.6 Å². The predicted molar refractivity (Wildman–Crippen MR) is 135 cm³/mol. The molecular formula is C29H36O10. The number of hydrogen-bond acceptors (Lipinski definition) is 10. The second-order valence-electron chi connectivity index (χ2n) is 12.2. The molecule has 3 aliphatic carbocycles. The Kier molecular flexibility index (Phi) is 6.40. The Morgan fingerprint density at radius 1 is 1.08 bits per heavy atom. The molecule has 2 bridgehead atoms. The van der Waals surface area contributed by atoms with Crippen LogP contribution in [0.5, 0.6) is 0 Å². The van der Waals surface area contributed by atoms with Gasteiger partial charge in [0.1, 0.15) is 23.9 Å². The summed E-state index contributed by atoms with van der Waals surface area (Å²) in [6.07, 6.45) is -7.26. The zero-order valence-corrected chi connectivity index (χ0v) is 22.7. The van der Waals surface area contributed by atoms with Crippen molar-refractivity contribution in [3.8, 4) is 0 Å². The van der Waals surface area contributed by atoms with Crippen molar-refractivity contribution in [2.24, 2.45) is 16.7 Å². The number of fused-ring (bicyclic) bond motifs is 5. The maximum atomic E-state index is 14.3. The Morgan fingerprint density at radius 2 is 1.72 bits per heavy atom. The van der Waals surface area contributed by atoms with E-state index in [4.69, 9.17) is 14.2 Å². The molecule has 1 aromatic rings. The molecule has 0 amide bonds. The summed E-state index contributed by atoms with van der Waals surface area (Å²) in [7, 11) is 0. The van der Waals surface area contributed by atoms with Gasteiger partial charge >= 0.3 is 11.9 Å². The highest BCUT2D eigenvalue weighted by Crippen LogP contribution is 2.63. The van der Waals surface area contributed by atoms with E-state index in [1.165, 1.54) is 26.0 Å². The van der Waals surface area contributed by atoms with Gasteiger partial charge in [-0.2, -0.15) is 0 Å². The van der Waals surface area contributed by atoms with Crippen molar-refractivity contribution in [2.45, 2.75) is 89.2 Å². The van der Waals surface area contributed by atoms with Crippen LogP contribution in [0.4, 0.5) is 0 Å². The normalized spacial score (nSPS) is 42.7. The highest BCUT2D eigenvalue weighted by atomic mass is 16.6. The number of aliphatic hydroxyl groups excluding tert-OH is 3. The minimum Gasteiger partial charge on any atom is -0.455 e. The van der Waals surface area contributed by atoms with Crippen molar-refractivity contribution in [1.29, 1.82) is 0 Å². The van der Waals surface area contributed by atoms with Gasteiger partial charge < -0.3 is 34.6 Å². The van der Waals surface area contributed by atoms with Crippen molar-refractivity contribution in [2.75, 3.05) is 6.61 Å². The number of benzene rings is 1. The zero-order valence-electron chi connectivity index (χ0n) is 22.7. The maximum absolute atomic E-state index is 14.3. The first-order valence-corrected chi connectivity index (χ1v) is 13.2. The van der Waals surface area contributed by atoms with Crippen LogP contribution in [-0.4, -0.2) is 86.5 Å². The largest absolute Gasteiger partial charge is 0.455 e. The van der Waals surface area contributed by atoms with Crippen LogP contribution in [0.25, 0.3) is 0 Å². The standard InChI is InChI=1S/C29H36O10/c1-14-17(31)12-29(36)24(38-25(35)16-9-7-6-8-10-16)22-27(5,23(34)21(33)20(14)26(29,3)4)18(32)11-19-28(22,13-37-19)39-15(2)30/h6-10,17-19,21-22,24,31-33,36H,11-13H2,1-5H3/t17-,18+,19-,21-,22-,24-,27-,28?,29-/m1/s1. The van der Waals surface area contributed by atoms with Crippen LogP contribution in [0.3, 0.4) is 0 Å². The van der Waals surface area contributed by atoms with Gasteiger partial charge in [0.05, 0.1) is 35.7 Å². The third kappa shape index (κ3) is 3.62. The molecule has 1 aliphatic heterocycles. The van der Waals surface area contributed by atoms with E-state index in [9.17, 15) is 34.8 Å². The minimum absolute atomic E-state index is 0.0828. The second kappa shape index (κ2) is 8.94. The van der Waals surface area contributed by atoms with Crippen LogP contribution in [-0.2, 0) is 23.8 Å². The fraction of sp³-hybridized carbons (Fsp3) is 0.621. The molecule has 1 heterocycles. The minimum atomic E-state index is -2.07. The lowest BCUT2D eigenvalue weighted by atomic mass is 9.44. The summed E-state index contributed by atoms with van der Waals surface area (Å²) < 4.78 is 17.7. The van der Waals surface area contributed by atoms with Crippen LogP contribution < -0.4 is 0 Å². The molecule has 4 N–H and O–H groups in total. The van der Waals surface area contributed by atoms with E-state index in [2.05, 4.69) is 0 Å². The molecule has 0 aromatic heterocycles. The Bertz CT molecular complexity index is 1240. The molecule has 10 nitrogen and oxygen atoms in total. The molecule has 0 spiro atoms. The summed E-state index contributed by atoms with van der Waals surface area (Å²) in [5.41, 5.74) is -6.24. The van der Waals surface area contributed by atoms with E-state index in [1.54, 1.807) is 39.0 Å². The number of Topliss-reactive ketones (excluding diaryl/α,β-unsaturated/α-hetero) is 1. The SMILES string of the molecule is CC(=O)OC12CO[C@@H]1C[C@H](O)[C@@]1(C)C(=O)[C@H](O)C3=C(C)[C@H](O)C[C@@](O)([C@H](OC(=O)c4ccccc4)[C@@H]21)C3(C)C. The fourth-order valence-electron chi connectivity index (χ4n) is 7.66. The Labute approximate surface area is 226 Å². The number of carbonyl (C=O) groups excluding carboxylic acids is 3. The molecule has 212 valence electrons. The summed E-state index contributed by atoms with van der Waals surface area (Å²) in [6, 6.07) is 8.08. The van der Waals surface area contributed by atoms with E-state index in [0.29, 0.717) is 5.57 Å². The maximum Gasteiger partial charge on any atom is 0.338 e. The van der Waals surface area contributed by atoms with Gasteiger partial charge in [0.25, 0.3) is 0 Å². The van der Waals surface area contributed by atoms with Crippen LogP contribution >= 0.6 is 0 Å². The first kappa shape index (κ1) is 27.9. The fourth-order valence-corrected chi connectivity index (χ4v) is 7.66. The van der Waals surface area contributed by atoms with E-state index >= 15 is 0 Å². The first-order chi connectivity index (χ1) is 18.1. The van der Waals surface area contributed by atoms with Crippen LogP contribution in [0, 0.1) is 16.7 Å². The summed E-state index contributed by atoms with van der Waals surface area (Å²) in [5.74, 6) is -3.60. The third-order valence-corrected chi connectivity index (χ3v) is 9.95. The number of carbonyl (C=O) groups is 3. The lowest BCUT2D eigenvalue weighted by molar-refractivity contribution is -0.345. The van der Waals surface area contributed by atoms with Crippen molar-refractivity contribution < 1.29 is 49.0 Å². The highest BCUT2D eigenvalue weighted by molar-refractivity contribution is 5.94. The molecule has 4 aliphatic rings. The van der Waals surface area contributed by atoms with E-state index < -0.39 is 76.2 Å². The monoisotopic (exact) mass is 544 g/mol. The Hall–Kier alpha value is -2.63. The van der Waals surface area contributed by atoms with Crippen LogP contribution in [0.15, 0.2) is 41.5 Å². The molecule has 5 rings (SSSR count). The average molecular weight is 545 g/mol. The van der Waals surface area contributed by atoms with Gasteiger partial charge in [-0.25, -0.2) is 4.79 Å². The number of rotatable bonds is 3. The molecule has 10 heteroatoms. The molecule has 1 saturated heterocycles. The molecule has 0 radical (unpaired) electrons. The molecule has 3 fully saturated rings. The molecular weight excluding hydrogens is 508 g/mol. The third-order valence-electron chi connectivity index (χ3n) is 9.95. The average Bonchev–Trinajstić information content (AvgIpc) is 2.87. The predicted octanol–water partition coefficient (Wildman–Crippen LogP) is 1.08. The van der Waals surface area contributed by atoms with Gasteiger partial charge in [-0.05, 0) is 37.1 Å². The molecule has 2 saturated carbocycles. The number of aliphatic hydroxyl groups is 4. The van der Waals surface area contributed by atoms with Gasteiger partial charge in [-0.3, -0.25) is 9.59 Å². The number of esters is 2. The van der Waals surface area contributed by atoms with Crippen LogP contribution in [0.2, 0.25) is 0 Å². The first-order valence-electron chi connectivity index (χ1n) is 13.2. The van der Waals surface area contributed by atoms with Gasteiger partial charge in [0.2, 0.25) is 0 Å². The van der Waals surface area contributed by atoms with E-state index in [1.807, 2.05) is 0 Å².